The average Bonchev–Trinajstić information content (AvgIpc) is 3.41. The molecule has 9 nitrogen and oxygen atoms in total. The number of allylic oxidation sites excluding steroid dienone is 1. The van der Waals surface area contributed by atoms with Gasteiger partial charge >= 0.3 is 5.97 Å². The number of carbonyl (C=O) groups excluding carboxylic acids is 2. The molecular weight excluding hydrogens is 430 g/mol. The molecule has 4 rings (SSSR count). The first-order valence-corrected chi connectivity index (χ1v) is 9.94. The first-order valence-electron chi connectivity index (χ1n) is 9.94. The van der Waals surface area contributed by atoms with Gasteiger partial charge in [0.1, 0.15) is 29.1 Å². The topological polar surface area (TPSA) is 135 Å². The van der Waals surface area contributed by atoms with Crippen LogP contribution in [0.15, 0.2) is 71.0 Å². The highest BCUT2D eigenvalue weighted by Crippen LogP contribution is 2.34. The summed E-state index contributed by atoms with van der Waals surface area (Å²) in [6, 6.07) is 12.8. The predicted octanol–water partition coefficient (Wildman–Crippen LogP) is 2.79. The van der Waals surface area contributed by atoms with E-state index in [-0.39, 0.29) is 35.2 Å². The summed E-state index contributed by atoms with van der Waals surface area (Å²) in [4.78, 5) is 36.2. The minimum Gasteiger partial charge on any atom is -0.508 e. The molecule has 33 heavy (non-hydrogen) atoms. The second-order valence-electron chi connectivity index (χ2n) is 7.23. The van der Waals surface area contributed by atoms with Crippen LogP contribution in [0.3, 0.4) is 0 Å². The maximum atomic E-state index is 12.4. The lowest BCUT2D eigenvalue weighted by molar-refractivity contribution is -0.142. The SMILES string of the molecule is O=C(COc1ccc2c(c1)OC(=Cc1ccco1)C2=O)NC(Cc1ccc(O)cc1)C(=O)O. The summed E-state index contributed by atoms with van der Waals surface area (Å²) in [6.45, 7) is -0.429. The molecule has 1 aromatic heterocycles. The number of hydrogen-bond acceptors (Lipinski definition) is 7. The summed E-state index contributed by atoms with van der Waals surface area (Å²) in [5.74, 6) is -0.925. The highest BCUT2D eigenvalue weighted by Gasteiger charge is 2.28. The van der Waals surface area contributed by atoms with Gasteiger partial charge in [0.05, 0.1) is 11.8 Å². The molecule has 2 heterocycles. The van der Waals surface area contributed by atoms with Crippen LogP contribution in [0, 0.1) is 0 Å². The monoisotopic (exact) mass is 449 g/mol. The smallest absolute Gasteiger partial charge is 0.326 e. The number of ketones is 1. The number of Topliss-reactive ketones (excluding diaryl/α,β-unsaturated/α-hetero) is 1. The third-order valence-corrected chi connectivity index (χ3v) is 4.84. The van der Waals surface area contributed by atoms with Crippen molar-refractivity contribution < 1.29 is 38.5 Å². The van der Waals surface area contributed by atoms with E-state index in [0.29, 0.717) is 16.9 Å². The molecule has 0 radical (unpaired) electrons. The molecule has 168 valence electrons. The van der Waals surface area contributed by atoms with Crippen molar-refractivity contribution >= 4 is 23.7 Å². The zero-order valence-electron chi connectivity index (χ0n) is 17.2. The lowest BCUT2D eigenvalue weighted by Gasteiger charge is -2.15. The molecule has 0 bridgehead atoms. The van der Waals surface area contributed by atoms with E-state index in [1.54, 1.807) is 24.3 Å². The van der Waals surface area contributed by atoms with Gasteiger partial charge in [0, 0.05) is 18.6 Å². The van der Waals surface area contributed by atoms with Crippen LogP contribution in [0.5, 0.6) is 17.2 Å². The van der Waals surface area contributed by atoms with E-state index in [1.165, 1.54) is 42.7 Å². The van der Waals surface area contributed by atoms with Gasteiger partial charge in [0.15, 0.2) is 12.4 Å². The largest absolute Gasteiger partial charge is 0.508 e. The van der Waals surface area contributed by atoms with E-state index >= 15 is 0 Å². The minimum atomic E-state index is -1.20. The van der Waals surface area contributed by atoms with Crippen LogP contribution >= 0.6 is 0 Å². The maximum Gasteiger partial charge on any atom is 0.326 e. The predicted molar refractivity (Wildman–Crippen MR) is 115 cm³/mol. The summed E-state index contributed by atoms with van der Waals surface area (Å²) in [7, 11) is 0. The number of furan rings is 1. The number of carbonyl (C=O) groups is 3. The van der Waals surface area contributed by atoms with E-state index in [9.17, 15) is 24.6 Å². The first-order chi connectivity index (χ1) is 15.9. The highest BCUT2D eigenvalue weighted by molar-refractivity contribution is 6.14. The van der Waals surface area contributed by atoms with Crippen LogP contribution in [0.25, 0.3) is 6.08 Å². The molecule has 1 atom stereocenters. The highest BCUT2D eigenvalue weighted by atomic mass is 16.5. The average molecular weight is 449 g/mol. The van der Waals surface area contributed by atoms with Gasteiger partial charge in [0.2, 0.25) is 5.78 Å². The van der Waals surface area contributed by atoms with Crippen LogP contribution in [-0.4, -0.2) is 40.5 Å². The van der Waals surface area contributed by atoms with Crippen molar-refractivity contribution in [3.63, 3.8) is 0 Å². The molecule has 0 aliphatic carbocycles. The Hall–Kier alpha value is -4.53. The molecule has 3 aromatic rings. The number of ether oxygens (including phenoxy) is 2. The van der Waals surface area contributed by atoms with Gasteiger partial charge in [-0.25, -0.2) is 4.79 Å². The molecule has 1 aliphatic rings. The molecule has 1 aliphatic heterocycles. The standard InChI is InChI=1S/C24H19NO8/c26-15-5-3-14(4-6-15)10-19(24(29)30)25-22(27)13-32-17-7-8-18-20(11-17)33-21(23(18)28)12-16-2-1-9-31-16/h1-9,11-12,19,26H,10,13H2,(H,25,27)(H,29,30). The molecule has 0 saturated carbocycles. The molecule has 9 heteroatoms. The molecular formula is C24H19NO8. The Morgan fingerprint density at radius 3 is 2.61 bits per heavy atom. The van der Waals surface area contributed by atoms with Crippen molar-refractivity contribution in [3.8, 4) is 17.2 Å². The number of rotatable bonds is 8. The van der Waals surface area contributed by atoms with E-state index in [2.05, 4.69) is 5.32 Å². The number of aliphatic carboxylic acids is 1. The van der Waals surface area contributed by atoms with Crippen molar-refractivity contribution in [1.82, 2.24) is 5.32 Å². The Morgan fingerprint density at radius 1 is 1.12 bits per heavy atom. The first kappa shape index (κ1) is 21.7. The quantitative estimate of drug-likeness (QED) is 0.447. The van der Waals surface area contributed by atoms with Gasteiger partial charge in [-0.2, -0.15) is 0 Å². The normalized spacial score (nSPS) is 14.4. The second-order valence-corrected chi connectivity index (χ2v) is 7.23. The zero-order chi connectivity index (χ0) is 23.4. The summed E-state index contributed by atoms with van der Waals surface area (Å²) in [6.07, 6.45) is 3.01. The lowest BCUT2D eigenvalue weighted by Crippen LogP contribution is -2.44. The number of fused-ring (bicyclic) bond motifs is 1. The number of hydrogen-bond donors (Lipinski definition) is 3. The van der Waals surface area contributed by atoms with Gasteiger partial charge < -0.3 is 29.4 Å². The van der Waals surface area contributed by atoms with Crippen LogP contribution < -0.4 is 14.8 Å². The summed E-state index contributed by atoms with van der Waals surface area (Å²) >= 11 is 0. The minimum absolute atomic E-state index is 0.0426. The fraction of sp³-hybridized carbons (Fsp3) is 0.125. The second kappa shape index (κ2) is 9.31. The van der Waals surface area contributed by atoms with Crippen LogP contribution in [-0.2, 0) is 16.0 Å². The number of phenolic OH excluding ortho intramolecular Hbond substituents is 1. The van der Waals surface area contributed by atoms with E-state index in [1.807, 2.05) is 0 Å². The molecule has 0 spiro atoms. The Morgan fingerprint density at radius 2 is 1.91 bits per heavy atom. The van der Waals surface area contributed by atoms with E-state index in [4.69, 9.17) is 13.9 Å². The number of nitrogens with one attached hydrogen (secondary N) is 1. The van der Waals surface area contributed by atoms with E-state index < -0.39 is 24.5 Å². The van der Waals surface area contributed by atoms with Gasteiger partial charge in [0.25, 0.3) is 5.91 Å². The van der Waals surface area contributed by atoms with Crippen molar-refractivity contribution in [2.75, 3.05) is 6.61 Å². The fourth-order valence-electron chi connectivity index (χ4n) is 3.21. The van der Waals surface area contributed by atoms with Crippen LogP contribution in [0.1, 0.15) is 21.7 Å². The Labute approximate surface area is 187 Å². The third-order valence-electron chi connectivity index (χ3n) is 4.84. The van der Waals surface area contributed by atoms with Crippen LogP contribution in [0.4, 0.5) is 0 Å². The fourth-order valence-corrected chi connectivity index (χ4v) is 3.21. The number of carboxylic acid groups (broad SMARTS) is 1. The van der Waals surface area contributed by atoms with Crippen molar-refractivity contribution in [2.24, 2.45) is 0 Å². The summed E-state index contributed by atoms with van der Waals surface area (Å²) in [5.41, 5.74) is 0.990. The molecule has 2 aromatic carbocycles. The number of aromatic hydroxyl groups is 1. The lowest BCUT2D eigenvalue weighted by atomic mass is 10.1. The maximum absolute atomic E-state index is 12.4. The van der Waals surface area contributed by atoms with Gasteiger partial charge in [-0.3, -0.25) is 9.59 Å². The number of carboxylic acids is 1. The third kappa shape index (κ3) is 5.21. The number of phenols is 1. The van der Waals surface area contributed by atoms with Gasteiger partial charge in [-0.1, -0.05) is 12.1 Å². The molecule has 3 N–H and O–H groups in total. The Kier molecular flexibility index (Phi) is 6.12. The summed E-state index contributed by atoms with van der Waals surface area (Å²) < 4.78 is 16.2. The number of benzene rings is 2. The zero-order valence-corrected chi connectivity index (χ0v) is 17.2. The van der Waals surface area contributed by atoms with Crippen molar-refractivity contribution in [2.45, 2.75) is 12.5 Å². The molecule has 0 fully saturated rings. The van der Waals surface area contributed by atoms with Gasteiger partial charge in [-0.15, -0.1) is 0 Å². The van der Waals surface area contributed by atoms with E-state index in [0.717, 1.165) is 0 Å². The molecule has 1 unspecified atom stereocenters. The van der Waals surface area contributed by atoms with Gasteiger partial charge in [-0.05, 0) is 42.0 Å². The summed E-state index contributed by atoms with van der Waals surface area (Å²) in [5, 5.41) is 21.1. The van der Waals surface area contributed by atoms with Crippen molar-refractivity contribution in [3.05, 3.63) is 83.5 Å². The Bertz CT molecular complexity index is 1210. The van der Waals surface area contributed by atoms with Crippen molar-refractivity contribution in [1.29, 1.82) is 0 Å². The number of amides is 1. The molecule has 0 saturated heterocycles. The van der Waals surface area contributed by atoms with Crippen LogP contribution in [0.2, 0.25) is 0 Å². The molecule has 1 amide bonds. The Balaban J connectivity index is 1.35.